The third-order valence-electron chi connectivity index (χ3n) is 4.30. The van der Waals surface area contributed by atoms with Gasteiger partial charge in [0.25, 0.3) is 0 Å². The first-order chi connectivity index (χ1) is 12.1. The largest absolute Gasteiger partial charge is 0.461 e. The van der Waals surface area contributed by atoms with E-state index in [1.807, 2.05) is 24.3 Å². The van der Waals surface area contributed by atoms with Crippen LogP contribution in [0.15, 0.2) is 51.9 Å². The van der Waals surface area contributed by atoms with Crippen molar-refractivity contribution in [1.82, 2.24) is 4.57 Å². The zero-order valence-electron chi connectivity index (χ0n) is 13.8. The van der Waals surface area contributed by atoms with Gasteiger partial charge in [0.1, 0.15) is 11.8 Å². The predicted molar refractivity (Wildman–Crippen MR) is 96.5 cm³/mol. The maximum Gasteiger partial charge on any atom is 0.329 e. The van der Waals surface area contributed by atoms with Crippen molar-refractivity contribution in [3.8, 4) is 0 Å². The molecular weight excluding hydrogens is 320 g/mol. The molecule has 0 atom stereocenters. The molecule has 25 heavy (non-hydrogen) atoms. The number of hydrogen-bond acceptors (Lipinski definition) is 5. The molecule has 2 aromatic heterocycles. The number of carbonyl (C=O) groups is 1. The summed E-state index contributed by atoms with van der Waals surface area (Å²) >= 11 is 0. The van der Waals surface area contributed by atoms with Crippen LogP contribution < -0.4 is 10.9 Å². The average molecular weight is 336 g/mol. The Morgan fingerprint density at radius 1 is 1.16 bits per heavy atom. The predicted octanol–water partition coefficient (Wildman–Crippen LogP) is 3.81. The fourth-order valence-electron chi connectivity index (χ4n) is 3.26. The zero-order chi connectivity index (χ0) is 17.6. The van der Waals surface area contributed by atoms with E-state index in [9.17, 15) is 9.59 Å². The number of benzene rings is 2. The van der Waals surface area contributed by atoms with Gasteiger partial charge in [-0.15, -0.1) is 0 Å². The van der Waals surface area contributed by atoms with E-state index in [1.54, 1.807) is 6.07 Å². The molecule has 0 bridgehead atoms. The Kier molecular flexibility index (Phi) is 3.46. The molecule has 0 aliphatic carbocycles. The SMILES string of the molecule is CCn1c2ccccc2c2c3occ(NOC(C)=O)c(=O)c3ccc21. The van der Waals surface area contributed by atoms with E-state index in [0.717, 1.165) is 28.4 Å². The summed E-state index contributed by atoms with van der Waals surface area (Å²) in [4.78, 5) is 28.3. The molecule has 0 radical (unpaired) electrons. The van der Waals surface area contributed by atoms with Crippen LogP contribution in [0.5, 0.6) is 0 Å². The van der Waals surface area contributed by atoms with Crippen molar-refractivity contribution in [3.05, 3.63) is 52.9 Å². The quantitative estimate of drug-likeness (QED) is 0.576. The van der Waals surface area contributed by atoms with Crippen LogP contribution in [0.3, 0.4) is 0 Å². The summed E-state index contributed by atoms with van der Waals surface area (Å²) < 4.78 is 7.96. The lowest BCUT2D eigenvalue weighted by atomic mass is 10.1. The van der Waals surface area contributed by atoms with Crippen molar-refractivity contribution in [2.45, 2.75) is 20.4 Å². The molecular formula is C19H16N2O4. The monoisotopic (exact) mass is 336 g/mol. The number of fused-ring (bicyclic) bond motifs is 5. The maximum absolute atomic E-state index is 12.7. The Labute approximate surface area is 142 Å². The number of anilines is 1. The van der Waals surface area contributed by atoms with Gasteiger partial charge in [0.2, 0.25) is 5.43 Å². The molecule has 2 heterocycles. The smallest absolute Gasteiger partial charge is 0.329 e. The van der Waals surface area contributed by atoms with Gasteiger partial charge >= 0.3 is 5.97 Å². The molecule has 0 amide bonds. The summed E-state index contributed by atoms with van der Waals surface area (Å²) in [6.45, 7) is 4.14. The van der Waals surface area contributed by atoms with Gasteiger partial charge in [0.05, 0.1) is 16.3 Å². The molecule has 4 rings (SSSR count). The highest BCUT2D eigenvalue weighted by atomic mass is 16.7. The Hall–Kier alpha value is -3.28. The lowest BCUT2D eigenvalue weighted by molar-refractivity contribution is -0.138. The van der Waals surface area contributed by atoms with E-state index in [4.69, 9.17) is 4.42 Å². The number of aromatic nitrogens is 1. The van der Waals surface area contributed by atoms with Crippen molar-refractivity contribution in [1.29, 1.82) is 0 Å². The Morgan fingerprint density at radius 2 is 1.96 bits per heavy atom. The van der Waals surface area contributed by atoms with Crippen molar-refractivity contribution < 1.29 is 14.0 Å². The minimum Gasteiger partial charge on any atom is -0.461 e. The molecule has 1 N–H and O–H groups in total. The van der Waals surface area contributed by atoms with Gasteiger partial charge in [-0.25, -0.2) is 5.48 Å². The molecule has 126 valence electrons. The summed E-state index contributed by atoms with van der Waals surface area (Å²) in [6, 6.07) is 11.7. The van der Waals surface area contributed by atoms with Crippen LogP contribution in [0.4, 0.5) is 5.69 Å². The van der Waals surface area contributed by atoms with Crippen LogP contribution in [0, 0.1) is 0 Å². The first-order valence-corrected chi connectivity index (χ1v) is 8.00. The van der Waals surface area contributed by atoms with Gasteiger partial charge < -0.3 is 13.8 Å². The van der Waals surface area contributed by atoms with Gasteiger partial charge in [0.15, 0.2) is 5.69 Å². The highest BCUT2D eigenvalue weighted by Gasteiger charge is 2.16. The fourth-order valence-corrected chi connectivity index (χ4v) is 3.26. The summed E-state index contributed by atoms with van der Waals surface area (Å²) in [5.74, 6) is -0.541. The standard InChI is InChI=1S/C19H16N2O4/c1-3-21-15-7-5-4-6-12(15)17-16(21)9-8-13-18(23)14(10-24-19(13)17)20-25-11(2)22/h4-10,20H,3H2,1-2H3. The molecule has 6 heteroatoms. The number of rotatable bonds is 3. The first kappa shape index (κ1) is 15.3. The number of aryl methyl sites for hydroxylation is 1. The van der Waals surface area contributed by atoms with Gasteiger partial charge in [-0.2, -0.15) is 0 Å². The molecule has 0 fully saturated rings. The minimum atomic E-state index is -0.541. The van der Waals surface area contributed by atoms with E-state index in [2.05, 4.69) is 27.9 Å². The lowest BCUT2D eigenvalue weighted by Gasteiger charge is -2.06. The molecule has 0 unspecified atom stereocenters. The topological polar surface area (TPSA) is 73.5 Å². The number of para-hydroxylation sites is 1. The Balaban J connectivity index is 2.06. The Bertz CT molecular complexity index is 1190. The summed E-state index contributed by atoms with van der Waals surface area (Å²) in [5, 5.41) is 2.38. The molecule has 0 aliphatic rings. The molecule has 0 spiro atoms. The summed E-state index contributed by atoms with van der Waals surface area (Å²) in [6.07, 6.45) is 1.28. The number of hydrogen-bond donors (Lipinski definition) is 1. The van der Waals surface area contributed by atoms with Crippen molar-refractivity contribution in [3.63, 3.8) is 0 Å². The van der Waals surface area contributed by atoms with Gasteiger partial charge in [-0.3, -0.25) is 9.59 Å². The second-order valence-electron chi connectivity index (χ2n) is 5.77. The van der Waals surface area contributed by atoms with E-state index >= 15 is 0 Å². The molecule has 4 aromatic rings. The molecule has 6 nitrogen and oxygen atoms in total. The Morgan fingerprint density at radius 3 is 2.72 bits per heavy atom. The highest BCUT2D eigenvalue weighted by Crippen LogP contribution is 2.34. The van der Waals surface area contributed by atoms with E-state index < -0.39 is 5.97 Å². The van der Waals surface area contributed by atoms with Crippen LogP contribution in [0.25, 0.3) is 32.8 Å². The van der Waals surface area contributed by atoms with Crippen LogP contribution in [-0.2, 0) is 16.2 Å². The summed E-state index contributed by atoms with van der Waals surface area (Å²) in [7, 11) is 0. The number of nitrogens with zero attached hydrogens (tertiary/aromatic N) is 1. The number of nitrogens with one attached hydrogen (secondary N) is 1. The van der Waals surface area contributed by atoms with Crippen molar-refractivity contribution in [2.75, 3.05) is 5.48 Å². The lowest BCUT2D eigenvalue weighted by Crippen LogP contribution is -2.14. The third kappa shape index (κ3) is 2.26. The van der Waals surface area contributed by atoms with Crippen molar-refractivity contribution in [2.24, 2.45) is 0 Å². The van der Waals surface area contributed by atoms with Crippen LogP contribution in [-0.4, -0.2) is 10.5 Å². The number of carbonyl (C=O) groups excluding carboxylic acids is 1. The molecule has 2 aromatic carbocycles. The third-order valence-corrected chi connectivity index (χ3v) is 4.30. The second-order valence-corrected chi connectivity index (χ2v) is 5.77. The minimum absolute atomic E-state index is 0.0845. The van der Waals surface area contributed by atoms with Crippen LogP contribution in [0.1, 0.15) is 13.8 Å². The van der Waals surface area contributed by atoms with Gasteiger partial charge in [-0.1, -0.05) is 18.2 Å². The molecule has 0 aliphatic heterocycles. The fraction of sp³-hybridized carbons (Fsp3) is 0.158. The average Bonchev–Trinajstić information content (AvgIpc) is 2.95. The first-order valence-electron chi connectivity index (χ1n) is 8.00. The van der Waals surface area contributed by atoms with Crippen LogP contribution in [0.2, 0.25) is 0 Å². The molecule has 0 saturated carbocycles. The van der Waals surface area contributed by atoms with Gasteiger partial charge in [0, 0.05) is 24.4 Å². The van der Waals surface area contributed by atoms with E-state index in [0.29, 0.717) is 11.0 Å². The van der Waals surface area contributed by atoms with Gasteiger partial charge in [-0.05, 0) is 25.1 Å². The second kappa shape index (κ2) is 5.66. The molecule has 0 saturated heterocycles. The van der Waals surface area contributed by atoms with Crippen molar-refractivity contribution >= 4 is 44.4 Å². The zero-order valence-corrected chi connectivity index (χ0v) is 13.8. The normalized spacial score (nSPS) is 11.3. The highest BCUT2D eigenvalue weighted by molar-refractivity contribution is 6.18. The van der Waals surface area contributed by atoms with E-state index in [-0.39, 0.29) is 11.1 Å². The van der Waals surface area contributed by atoms with E-state index in [1.165, 1.54) is 13.2 Å². The van der Waals surface area contributed by atoms with Crippen LogP contribution >= 0.6 is 0 Å². The summed E-state index contributed by atoms with van der Waals surface area (Å²) in [5.41, 5.74) is 4.79. The maximum atomic E-state index is 12.7.